The van der Waals surface area contributed by atoms with E-state index in [0.29, 0.717) is 6.04 Å². The molecule has 102 valence electrons. The van der Waals surface area contributed by atoms with Crippen molar-refractivity contribution in [1.29, 1.82) is 0 Å². The summed E-state index contributed by atoms with van der Waals surface area (Å²) in [6, 6.07) is 6.48. The van der Waals surface area contributed by atoms with Gasteiger partial charge >= 0.3 is 0 Å². The third-order valence-corrected chi connectivity index (χ3v) is 4.15. The lowest BCUT2D eigenvalue weighted by molar-refractivity contribution is 0.115. The summed E-state index contributed by atoms with van der Waals surface area (Å²) < 4.78 is 0. The first kappa shape index (κ1) is 12.5. The summed E-state index contributed by atoms with van der Waals surface area (Å²) in [5.41, 5.74) is 8.62. The number of aromatic nitrogens is 2. The molecule has 2 unspecified atom stereocenters. The smallest absolute Gasteiger partial charge is 0.121 e. The largest absolute Gasteiger partial charge is 0.399 e. The van der Waals surface area contributed by atoms with Gasteiger partial charge in [0, 0.05) is 18.3 Å². The number of fused-ring (bicyclic) bond motifs is 1. The van der Waals surface area contributed by atoms with E-state index in [1.54, 1.807) is 0 Å². The molecular formula is C15H22N4. The summed E-state index contributed by atoms with van der Waals surface area (Å²) in [4.78, 5) is 10.6. The Kier molecular flexibility index (Phi) is 3.19. The lowest BCUT2D eigenvalue weighted by Gasteiger charge is -2.36. The summed E-state index contributed by atoms with van der Waals surface area (Å²) in [5, 5.41) is 0. The third kappa shape index (κ3) is 2.59. The Hall–Kier alpha value is -1.55. The summed E-state index contributed by atoms with van der Waals surface area (Å²) in [7, 11) is 0. The average Bonchev–Trinajstić information content (AvgIpc) is 2.75. The number of hydrogen-bond donors (Lipinski definition) is 2. The first-order valence-corrected chi connectivity index (χ1v) is 7.10. The van der Waals surface area contributed by atoms with Crippen LogP contribution in [-0.4, -0.2) is 27.5 Å². The fourth-order valence-electron chi connectivity index (χ4n) is 2.95. The Morgan fingerprint density at radius 1 is 1.37 bits per heavy atom. The molecule has 1 fully saturated rings. The molecule has 3 rings (SSSR count). The van der Waals surface area contributed by atoms with Gasteiger partial charge in [0.1, 0.15) is 5.82 Å². The van der Waals surface area contributed by atoms with E-state index >= 15 is 0 Å². The van der Waals surface area contributed by atoms with Crippen LogP contribution in [0.15, 0.2) is 18.2 Å². The molecule has 0 amide bonds. The second-order valence-electron chi connectivity index (χ2n) is 5.92. The highest BCUT2D eigenvalue weighted by Crippen LogP contribution is 2.23. The van der Waals surface area contributed by atoms with Gasteiger partial charge in [-0.25, -0.2) is 4.98 Å². The van der Waals surface area contributed by atoms with Gasteiger partial charge in [-0.3, -0.25) is 4.90 Å². The first-order valence-electron chi connectivity index (χ1n) is 7.10. The molecule has 0 bridgehead atoms. The molecular weight excluding hydrogens is 236 g/mol. The fourth-order valence-corrected chi connectivity index (χ4v) is 2.95. The molecule has 0 aliphatic carbocycles. The highest BCUT2D eigenvalue weighted by Gasteiger charge is 2.23. The molecule has 2 heterocycles. The molecule has 3 N–H and O–H groups in total. The second kappa shape index (κ2) is 4.85. The van der Waals surface area contributed by atoms with Crippen LogP contribution in [0.1, 0.15) is 32.5 Å². The molecule has 1 aliphatic heterocycles. The first-order chi connectivity index (χ1) is 9.11. The molecule has 1 aromatic heterocycles. The van der Waals surface area contributed by atoms with Crippen molar-refractivity contribution in [2.45, 2.75) is 39.3 Å². The topological polar surface area (TPSA) is 57.9 Å². The van der Waals surface area contributed by atoms with Crippen LogP contribution in [0.5, 0.6) is 0 Å². The second-order valence-corrected chi connectivity index (χ2v) is 5.92. The molecule has 4 heteroatoms. The van der Waals surface area contributed by atoms with Crippen LogP contribution in [0, 0.1) is 5.92 Å². The van der Waals surface area contributed by atoms with Crippen LogP contribution in [0.25, 0.3) is 11.0 Å². The maximum Gasteiger partial charge on any atom is 0.121 e. The maximum atomic E-state index is 5.80. The standard InChI is InChI=1S/C15H22N4/c1-10-3-4-11(2)19(8-10)9-15-17-13-6-5-12(16)7-14(13)18-15/h5-7,10-11H,3-4,8-9,16H2,1-2H3,(H,17,18). The Balaban J connectivity index is 1.80. The van der Waals surface area contributed by atoms with Crippen molar-refractivity contribution < 1.29 is 0 Å². The van der Waals surface area contributed by atoms with Crippen LogP contribution in [0.2, 0.25) is 0 Å². The van der Waals surface area contributed by atoms with E-state index in [1.807, 2.05) is 18.2 Å². The summed E-state index contributed by atoms with van der Waals surface area (Å²) in [6.45, 7) is 6.71. The average molecular weight is 258 g/mol. The van der Waals surface area contributed by atoms with E-state index in [2.05, 4.69) is 28.7 Å². The van der Waals surface area contributed by atoms with Crippen molar-refractivity contribution in [2.75, 3.05) is 12.3 Å². The number of imidazole rings is 1. The monoisotopic (exact) mass is 258 g/mol. The number of rotatable bonds is 2. The van der Waals surface area contributed by atoms with Crippen LogP contribution in [0.4, 0.5) is 5.69 Å². The Bertz CT molecular complexity index is 575. The molecule has 2 atom stereocenters. The highest BCUT2D eigenvalue weighted by molar-refractivity contribution is 5.78. The highest BCUT2D eigenvalue weighted by atomic mass is 15.2. The lowest BCUT2D eigenvalue weighted by Crippen LogP contribution is -2.40. The van der Waals surface area contributed by atoms with Crippen molar-refractivity contribution >= 4 is 16.7 Å². The minimum Gasteiger partial charge on any atom is -0.399 e. The zero-order valence-corrected chi connectivity index (χ0v) is 11.7. The Morgan fingerprint density at radius 2 is 2.21 bits per heavy atom. The van der Waals surface area contributed by atoms with Gasteiger partial charge in [-0.15, -0.1) is 0 Å². The summed E-state index contributed by atoms with van der Waals surface area (Å²) in [6.07, 6.45) is 2.63. The van der Waals surface area contributed by atoms with Gasteiger partial charge in [-0.05, 0) is 43.9 Å². The number of hydrogen-bond acceptors (Lipinski definition) is 3. The van der Waals surface area contributed by atoms with Crippen LogP contribution in [-0.2, 0) is 6.54 Å². The van der Waals surface area contributed by atoms with E-state index in [0.717, 1.165) is 35.0 Å². The van der Waals surface area contributed by atoms with E-state index in [9.17, 15) is 0 Å². The minimum absolute atomic E-state index is 0.648. The molecule has 0 saturated carbocycles. The molecule has 1 aliphatic rings. The number of nitrogens with zero attached hydrogens (tertiary/aromatic N) is 2. The van der Waals surface area contributed by atoms with Gasteiger partial charge in [-0.2, -0.15) is 0 Å². The van der Waals surface area contributed by atoms with E-state index in [4.69, 9.17) is 5.73 Å². The zero-order chi connectivity index (χ0) is 13.4. The molecule has 4 nitrogen and oxygen atoms in total. The van der Waals surface area contributed by atoms with Crippen molar-refractivity contribution in [3.05, 3.63) is 24.0 Å². The van der Waals surface area contributed by atoms with Gasteiger partial charge < -0.3 is 10.7 Å². The van der Waals surface area contributed by atoms with Crippen LogP contribution >= 0.6 is 0 Å². The third-order valence-electron chi connectivity index (χ3n) is 4.15. The molecule has 19 heavy (non-hydrogen) atoms. The number of nitrogens with one attached hydrogen (secondary N) is 1. The Labute approximate surface area is 114 Å². The normalized spacial score (nSPS) is 24.9. The van der Waals surface area contributed by atoms with Gasteiger partial charge in [0.2, 0.25) is 0 Å². The number of nitrogen functional groups attached to an aromatic ring is 1. The summed E-state index contributed by atoms with van der Waals surface area (Å²) in [5.74, 6) is 1.83. The van der Waals surface area contributed by atoms with Crippen molar-refractivity contribution in [2.24, 2.45) is 5.92 Å². The minimum atomic E-state index is 0.648. The van der Waals surface area contributed by atoms with Crippen LogP contribution in [0.3, 0.4) is 0 Å². The van der Waals surface area contributed by atoms with Crippen molar-refractivity contribution in [1.82, 2.24) is 14.9 Å². The number of piperidine rings is 1. The lowest BCUT2D eigenvalue weighted by atomic mass is 9.95. The molecule has 1 saturated heterocycles. The van der Waals surface area contributed by atoms with Crippen molar-refractivity contribution in [3.63, 3.8) is 0 Å². The van der Waals surface area contributed by atoms with E-state index in [1.165, 1.54) is 19.4 Å². The number of nitrogens with two attached hydrogens (primary N) is 1. The van der Waals surface area contributed by atoms with E-state index < -0.39 is 0 Å². The fraction of sp³-hybridized carbons (Fsp3) is 0.533. The zero-order valence-electron chi connectivity index (χ0n) is 11.7. The summed E-state index contributed by atoms with van der Waals surface area (Å²) >= 11 is 0. The van der Waals surface area contributed by atoms with Gasteiger partial charge in [-0.1, -0.05) is 6.92 Å². The maximum absolute atomic E-state index is 5.80. The van der Waals surface area contributed by atoms with Crippen LogP contribution < -0.4 is 5.73 Å². The molecule has 1 aromatic carbocycles. The number of anilines is 1. The molecule has 2 aromatic rings. The van der Waals surface area contributed by atoms with Gasteiger partial charge in [0.25, 0.3) is 0 Å². The van der Waals surface area contributed by atoms with Crippen molar-refractivity contribution in [3.8, 4) is 0 Å². The number of H-pyrrole nitrogens is 1. The predicted octanol–water partition coefficient (Wildman–Crippen LogP) is 2.77. The van der Waals surface area contributed by atoms with Gasteiger partial charge in [0.05, 0.1) is 17.6 Å². The SMILES string of the molecule is CC1CCC(C)N(Cc2nc3ccc(N)cc3[nH]2)C1. The number of benzene rings is 1. The molecule has 0 spiro atoms. The quantitative estimate of drug-likeness (QED) is 0.814. The van der Waals surface area contributed by atoms with E-state index in [-0.39, 0.29) is 0 Å². The number of likely N-dealkylation sites (tertiary alicyclic amines) is 1. The predicted molar refractivity (Wildman–Crippen MR) is 78.8 cm³/mol. The van der Waals surface area contributed by atoms with Gasteiger partial charge in [0.15, 0.2) is 0 Å². The Morgan fingerprint density at radius 3 is 3.05 bits per heavy atom. The molecule has 0 radical (unpaired) electrons. The number of aromatic amines is 1.